The van der Waals surface area contributed by atoms with Crippen molar-refractivity contribution < 1.29 is 31.9 Å². The number of carbonyl (C=O) groups excluding carboxylic acids is 2. The molecule has 1 aromatic heterocycles. The smallest absolute Gasteiger partial charge is 0.418 e. The van der Waals surface area contributed by atoms with Crippen LogP contribution in [0.4, 0.5) is 24.5 Å². The lowest BCUT2D eigenvalue weighted by Gasteiger charge is -2.18. The van der Waals surface area contributed by atoms with Gasteiger partial charge in [-0.3, -0.25) is 9.59 Å². The van der Waals surface area contributed by atoms with Crippen LogP contribution in [0.3, 0.4) is 0 Å². The van der Waals surface area contributed by atoms with Gasteiger partial charge in [-0.2, -0.15) is 13.2 Å². The lowest BCUT2D eigenvalue weighted by Crippen LogP contribution is -2.29. The minimum absolute atomic E-state index is 0.0450. The molecule has 150 valence electrons. The molecule has 0 radical (unpaired) electrons. The minimum Gasteiger partial charge on any atom is -0.459 e. The van der Waals surface area contributed by atoms with Crippen LogP contribution in [0.5, 0.6) is 0 Å². The van der Waals surface area contributed by atoms with Crippen molar-refractivity contribution in [1.82, 2.24) is 0 Å². The van der Waals surface area contributed by atoms with Gasteiger partial charge in [-0.25, -0.2) is 0 Å². The zero-order valence-electron chi connectivity index (χ0n) is 15.0. The summed E-state index contributed by atoms with van der Waals surface area (Å²) in [6.45, 7) is 5.17. The topological polar surface area (TPSA) is 80.6 Å². The lowest BCUT2D eigenvalue weighted by atomic mass is 10.1. The fraction of sp³-hybridized carbons (Fsp3) is 0.263. The summed E-state index contributed by atoms with van der Waals surface area (Å²) >= 11 is 0. The molecular weight excluding hydrogens is 377 g/mol. The highest BCUT2D eigenvalue weighted by Gasteiger charge is 2.35. The minimum atomic E-state index is -4.75. The largest absolute Gasteiger partial charge is 0.459 e. The Bertz CT molecular complexity index is 832. The molecule has 9 heteroatoms. The second-order valence-corrected chi connectivity index (χ2v) is 5.77. The fourth-order valence-corrected chi connectivity index (χ4v) is 2.20. The van der Waals surface area contributed by atoms with Crippen molar-refractivity contribution >= 4 is 23.2 Å². The monoisotopic (exact) mass is 396 g/mol. The van der Waals surface area contributed by atoms with Gasteiger partial charge in [0.05, 0.1) is 24.1 Å². The molecule has 0 spiro atoms. The Kier molecular flexibility index (Phi) is 7.00. The van der Waals surface area contributed by atoms with E-state index in [1.807, 2.05) is 0 Å². The molecular formula is C19H19F3N2O4. The van der Waals surface area contributed by atoms with E-state index < -0.39 is 35.3 Å². The van der Waals surface area contributed by atoms with Crippen molar-refractivity contribution in [2.45, 2.75) is 25.6 Å². The second kappa shape index (κ2) is 9.23. The molecule has 1 atom stereocenters. The van der Waals surface area contributed by atoms with Gasteiger partial charge in [0.25, 0.3) is 11.8 Å². The van der Waals surface area contributed by atoms with E-state index in [0.717, 1.165) is 12.1 Å². The van der Waals surface area contributed by atoms with Gasteiger partial charge in [-0.1, -0.05) is 6.08 Å². The number of carbonyl (C=O) groups is 2. The molecule has 1 heterocycles. The van der Waals surface area contributed by atoms with E-state index in [-0.39, 0.29) is 18.1 Å². The van der Waals surface area contributed by atoms with Gasteiger partial charge in [0.1, 0.15) is 6.10 Å². The van der Waals surface area contributed by atoms with E-state index in [2.05, 4.69) is 17.2 Å². The normalized spacial score (nSPS) is 12.3. The first-order valence-electron chi connectivity index (χ1n) is 8.32. The molecule has 0 bridgehead atoms. The highest BCUT2D eigenvalue weighted by Crippen LogP contribution is 2.36. The number of alkyl halides is 3. The first-order valence-corrected chi connectivity index (χ1v) is 8.32. The predicted octanol–water partition coefficient (Wildman–Crippen LogP) is 4.47. The Morgan fingerprint density at radius 1 is 1.29 bits per heavy atom. The average Bonchev–Trinajstić information content (AvgIpc) is 3.17. The average molecular weight is 396 g/mol. The van der Waals surface area contributed by atoms with Crippen LogP contribution in [0.1, 0.15) is 29.5 Å². The van der Waals surface area contributed by atoms with Crippen LogP contribution >= 0.6 is 0 Å². The number of hydrogen-bond acceptors (Lipinski definition) is 4. The van der Waals surface area contributed by atoms with Crippen LogP contribution in [0.2, 0.25) is 0 Å². The molecule has 0 aliphatic heterocycles. The molecule has 0 aliphatic rings. The Hall–Kier alpha value is -3.07. The molecule has 1 unspecified atom stereocenters. The predicted molar refractivity (Wildman–Crippen MR) is 97.0 cm³/mol. The fourth-order valence-electron chi connectivity index (χ4n) is 2.20. The van der Waals surface area contributed by atoms with Crippen LogP contribution < -0.4 is 10.6 Å². The number of rotatable bonds is 8. The van der Waals surface area contributed by atoms with Gasteiger partial charge >= 0.3 is 6.18 Å². The first kappa shape index (κ1) is 21.2. The highest BCUT2D eigenvalue weighted by atomic mass is 19.4. The SMILES string of the molecule is C=CCCOC(C)C(=O)Nc1ccc(NC(=O)c2ccco2)cc1C(F)(F)F. The number of ether oxygens (including phenoxy) is 1. The number of hydrogen-bond donors (Lipinski definition) is 2. The molecule has 2 aromatic rings. The number of furan rings is 1. The maximum absolute atomic E-state index is 13.4. The molecule has 1 aromatic carbocycles. The Morgan fingerprint density at radius 2 is 2.04 bits per heavy atom. The van der Waals surface area contributed by atoms with Crippen molar-refractivity contribution in [1.29, 1.82) is 0 Å². The Balaban J connectivity index is 2.17. The zero-order chi connectivity index (χ0) is 20.7. The number of amides is 2. The summed E-state index contributed by atoms with van der Waals surface area (Å²) in [7, 11) is 0. The summed E-state index contributed by atoms with van der Waals surface area (Å²) < 4.78 is 50.4. The second-order valence-electron chi connectivity index (χ2n) is 5.77. The summed E-state index contributed by atoms with van der Waals surface area (Å²) in [4.78, 5) is 24.0. The van der Waals surface area contributed by atoms with Gasteiger partial charge in [-0.15, -0.1) is 6.58 Å². The van der Waals surface area contributed by atoms with E-state index in [1.165, 1.54) is 31.4 Å². The summed E-state index contributed by atoms with van der Waals surface area (Å²) in [5.74, 6) is -1.46. The van der Waals surface area contributed by atoms with E-state index >= 15 is 0 Å². The third-order valence-corrected chi connectivity index (χ3v) is 3.64. The number of anilines is 2. The van der Waals surface area contributed by atoms with Crippen LogP contribution in [-0.4, -0.2) is 24.5 Å². The summed E-state index contributed by atoms with van der Waals surface area (Å²) in [5.41, 5.74) is -1.63. The van der Waals surface area contributed by atoms with Crippen molar-refractivity contribution in [2.75, 3.05) is 17.2 Å². The van der Waals surface area contributed by atoms with Crippen molar-refractivity contribution in [3.05, 3.63) is 60.6 Å². The van der Waals surface area contributed by atoms with Gasteiger partial charge in [-0.05, 0) is 43.7 Å². The third-order valence-electron chi connectivity index (χ3n) is 3.64. The Morgan fingerprint density at radius 3 is 2.64 bits per heavy atom. The quantitative estimate of drug-likeness (QED) is 0.510. The van der Waals surface area contributed by atoms with Crippen LogP contribution in [0.15, 0.2) is 53.7 Å². The van der Waals surface area contributed by atoms with E-state index in [0.29, 0.717) is 6.42 Å². The molecule has 2 amide bonds. The number of nitrogens with one attached hydrogen (secondary N) is 2. The van der Waals surface area contributed by atoms with Crippen LogP contribution in [0, 0.1) is 0 Å². The van der Waals surface area contributed by atoms with Gasteiger partial charge in [0, 0.05) is 5.69 Å². The summed E-state index contributed by atoms with van der Waals surface area (Å²) in [5, 5.41) is 4.53. The molecule has 0 fully saturated rings. The highest BCUT2D eigenvalue weighted by molar-refractivity contribution is 6.02. The van der Waals surface area contributed by atoms with Crippen LogP contribution in [0.25, 0.3) is 0 Å². The standard InChI is InChI=1S/C19H19F3N2O4/c1-3-4-9-27-12(2)17(25)24-15-8-7-13(11-14(15)19(20,21)22)23-18(26)16-6-5-10-28-16/h3,5-8,10-12H,1,4,9H2,2H3,(H,23,26)(H,24,25). The lowest BCUT2D eigenvalue weighted by molar-refractivity contribution is -0.137. The molecule has 2 N–H and O–H groups in total. The van der Waals surface area contributed by atoms with Crippen molar-refractivity contribution in [3.8, 4) is 0 Å². The van der Waals surface area contributed by atoms with Crippen molar-refractivity contribution in [3.63, 3.8) is 0 Å². The first-order chi connectivity index (χ1) is 13.2. The molecule has 2 rings (SSSR count). The van der Waals surface area contributed by atoms with Crippen molar-refractivity contribution in [2.24, 2.45) is 0 Å². The summed E-state index contributed by atoms with van der Waals surface area (Å²) in [6.07, 6.45) is -2.31. The molecule has 0 saturated heterocycles. The number of halogens is 3. The van der Waals surface area contributed by atoms with E-state index in [4.69, 9.17) is 9.15 Å². The van der Waals surface area contributed by atoms with E-state index in [1.54, 1.807) is 6.08 Å². The maximum atomic E-state index is 13.4. The zero-order valence-corrected chi connectivity index (χ0v) is 15.0. The van der Waals surface area contributed by atoms with Gasteiger partial charge in [0.15, 0.2) is 5.76 Å². The maximum Gasteiger partial charge on any atom is 0.418 e. The van der Waals surface area contributed by atoms with E-state index in [9.17, 15) is 22.8 Å². The molecule has 0 saturated carbocycles. The molecule has 0 aliphatic carbocycles. The Labute approximate surface area is 159 Å². The van der Waals surface area contributed by atoms with Gasteiger partial charge in [0.2, 0.25) is 0 Å². The third kappa shape index (κ3) is 5.71. The van der Waals surface area contributed by atoms with Gasteiger partial charge < -0.3 is 19.8 Å². The molecule has 28 heavy (non-hydrogen) atoms. The summed E-state index contributed by atoms with van der Waals surface area (Å²) in [6, 6.07) is 5.90. The van der Waals surface area contributed by atoms with Crippen LogP contribution in [-0.2, 0) is 15.7 Å². The number of benzene rings is 1. The molecule has 6 nitrogen and oxygen atoms in total.